The van der Waals surface area contributed by atoms with Gasteiger partial charge in [-0.25, -0.2) is 14.4 Å². The highest BCUT2D eigenvalue weighted by Crippen LogP contribution is 2.11. The third-order valence-electron chi connectivity index (χ3n) is 3.09. The second kappa shape index (κ2) is 10.1. The van der Waals surface area contributed by atoms with Crippen LogP contribution in [0, 0.1) is 0 Å². The lowest BCUT2D eigenvalue weighted by atomic mass is 10.0. The molecular weight excluding hydrogens is 368 g/mol. The SMILES string of the molecule is O=C(O[C@H](C(=O)O)[C@@H](O)[C@H](O)[C@@H](O)C(=O)O)C(=O)[C@@H](O)[C@H](O)[C@@H](O)CO. The van der Waals surface area contributed by atoms with E-state index in [1.165, 1.54) is 0 Å². The molecule has 0 aliphatic carbocycles. The van der Waals surface area contributed by atoms with Crippen LogP contribution in [0.4, 0.5) is 0 Å². The van der Waals surface area contributed by atoms with Crippen LogP contribution in [0.3, 0.4) is 0 Å². The van der Waals surface area contributed by atoms with E-state index >= 15 is 0 Å². The predicted molar refractivity (Wildman–Crippen MR) is 73.3 cm³/mol. The molecule has 0 fully saturated rings. The Morgan fingerprint density at radius 3 is 1.62 bits per heavy atom. The van der Waals surface area contributed by atoms with Gasteiger partial charge in [-0.2, -0.15) is 0 Å². The van der Waals surface area contributed by atoms with E-state index in [9.17, 15) is 39.6 Å². The maximum absolute atomic E-state index is 11.5. The first-order valence-corrected chi connectivity index (χ1v) is 6.76. The zero-order valence-electron chi connectivity index (χ0n) is 12.8. The van der Waals surface area contributed by atoms with E-state index in [1.807, 2.05) is 0 Å². The van der Waals surface area contributed by atoms with Crippen molar-refractivity contribution >= 4 is 23.7 Å². The van der Waals surface area contributed by atoms with E-state index in [1.54, 1.807) is 0 Å². The maximum Gasteiger partial charge on any atom is 0.378 e. The predicted octanol–water partition coefficient (Wildman–Crippen LogP) is -6.21. The van der Waals surface area contributed by atoms with Crippen molar-refractivity contribution < 1.29 is 69.9 Å². The van der Waals surface area contributed by atoms with E-state index in [4.69, 9.17) is 25.5 Å². The Morgan fingerprint density at radius 2 is 1.23 bits per heavy atom. The first-order chi connectivity index (χ1) is 11.9. The van der Waals surface area contributed by atoms with Crippen LogP contribution in [0.2, 0.25) is 0 Å². The summed E-state index contributed by atoms with van der Waals surface area (Å²) in [6, 6.07) is 0. The molecule has 0 radical (unpaired) electrons. The molecule has 0 aliphatic rings. The molecule has 150 valence electrons. The number of hydrogen-bond donors (Lipinski definition) is 9. The summed E-state index contributed by atoms with van der Waals surface area (Å²) in [5.41, 5.74) is 0. The van der Waals surface area contributed by atoms with E-state index in [2.05, 4.69) is 4.74 Å². The molecule has 0 aromatic carbocycles. The molecule has 0 spiro atoms. The summed E-state index contributed by atoms with van der Waals surface area (Å²) in [6.07, 6.45) is -17.7. The van der Waals surface area contributed by atoms with Crippen LogP contribution >= 0.6 is 0 Å². The van der Waals surface area contributed by atoms with E-state index in [0.717, 1.165) is 0 Å². The minimum atomic E-state index is -2.73. The largest absolute Gasteiger partial charge is 0.479 e. The highest BCUT2D eigenvalue weighted by Gasteiger charge is 2.43. The molecule has 0 aromatic rings. The van der Waals surface area contributed by atoms with Gasteiger partial charge in [0.15, 0.2) is 12.2 Å². The van der Waals surface area contributed by atoms with Gasteiger partial charge in [0.05, 0.1) is 6.61 Å². The Bertz CT molecular complexity index is 532. The Balaban J connectivity index is 5.21. The fourth-order valence-electron chi connectivity index (χ4n) is 1.55. The zero-order valence-corrected chi connectivity index (χ0v) is 12.8. The number of aliphatic hydroxyl groups excluding tert-OH is 7. The van der Waals surface area contributed by atoms with Crippen LogP contribution in [0.15, 0.2) is 0 Å². The van der Waals surface area contributed by atoms with Crippen molar-refractivity contribution in [1.29, 1.82) is 0 Å². The molecule has 14 heteroatoms. The summed E-state index contributed by atoms with van der Waals surface area (Å²) in [5.74, 6) is -8.30. The fraction of sp³-hybridized carbons (Fsp3) is 0.667. The first-order valence-electron chi connectivity index (χ1n) is 6.76. The molecule has 0 saturated carbocycles. The molecule has 7 atom stereocenters. The molecule has 0 heterocycles. The molecule has 14 nitrogen and oxygen atoms in total. The van der Waals surface area contributed by atoms with Gasteiger partial charge in [-0.3, -0.25) is 4.79 Å². The number of carboxylic acids is 2. The number of carboxylic acid groups (broad SMARTS) is 2. The summed E-state index contributed by atoms with van der Waals surface area (Å²) in [4.78, 5) is 44.5. The third kappa shape index (κ3) is 5.95. The summed E-state index contributed by atoms with van der Waals surface area (Å²) in [6.45, 7) is -1.10. The summed E-state index contributed by atoms with van der Waals surface area (Å²) < 4.78 is 4.05. The average molecular weight is 386 g/mol. The van der Waals surface area contributed by atoms with Gasteiger partial charge in [0.25, 0.3) is 5.78 Å². The summed E-state index contributed by atoms with van der Waals surface area (Å²) in [5, 5.41) is 81.5. The molecule has 0 rings (SSSR count). The molecule has 0 amide bonds. The molecule has 0 aliphatic heterocycles. The number of ketones is 1. The molecule has 0 aromatic heterocycles. The number of carbonyl (C=O) groups excluding carboxylic acids is 2. The number of aliphatic hydroxyl groups is 7. The van der Waals surface area contributed by atoms with Crippen molar-refractivity contribution in [2.75, 3.05) is 6.61 Å². The Labute approximate surface area is 144 Å². The Kier molecular flexibility index (Phi) is 9.22. The molecular formula is C12H18O14. The van der Waals surface area contributed by atoms with Gasteiger partial charge >= 0.3 is 17.9 Å². The van der Waals surface area contributed by atoms with Crippen molar-refractivity contribution in [2.24, 2.45) is 0 Å². The number of carbonyl (C=O) groups is 4. The van der Waals surface area contributed by atoms with Gasteiger partial charge in [-0.05, 0) is 0 Å². The lowest BCUT2D eigenvalue weighted by Crippen LogP contribution is -2.53. The van der Waals surface area contributed by atoms with Crippen LogP contribution in [0.1, 0.15) is 0 Å². The normalized spacial score (nSPS) is 19.3. The molecule has 9 N–H and O–H groups in total. The van der Waals surface area contributed by atoms with Crippen LogP contribution in [0.25, 0.3) is 0 Å². The second-order valence-electron chi connectivity index (χ2n) is 4.98. The molecule has 0 bridgehead atoms. The van der Waals surface area contributed by atoms with Crippen molar-refractivity contribution in [3.63, 3.8) is 0 Å². The highest BCUT2D eigenvalue weighted by atomic mass is 16.6. The van der Waals surface area contributed by atoms with E-state index in [-0.39, 0.29) is 0 Å². The number of aliphatic carboxylic acids is 2. The maximum atomic E-state index is 11.5. The summed E-state index contributed by atoms with van der Waals surface area (Å²) >= 11 is 0. The van der Waals surface area contributed by atoms with Gasteiger partial charge in [0.2, 0.25) is 6.10 Å². The second-order valence-corrected chi connectivity index (χ2v) is 4.98. The minimum Gasteiger partial charge on any atom is -0.479 e. The van der Waals surface area contributed by atoms with Crippen molar-refractivity contribution in [3.05, 3.63) is 0 Å². The number of esters is 1. The lowest BCUT2D eigenvalue weighted by molar-refractivity contribution is -0.188. The first kappa shape index (κ1) is 23.8. The van der Waals surface area contributed by atoms with Gasteiger partial charge in [-0.1, -0.05) is 0 Å². The summed E-state index contributed by atoms with van der Waals surface area (Å²) in [7, 11) is 0. The number of ether oxygens (including phenoxy) is 1. The standard InChI is InChI=1S/C12H18O14/c13-1-2(14)3(15)4(16)8(20)12(25)26-9(11(23)24)6(18)5(17)7(19)10(21)22/h2-7,9,13-19H,1H2,(H,21,22)(H,23,24)/t2-,3+,4-,5-,6-,7+,9-/m0/s1. The topological polar surface area (TPSA) is 260 Å². The van der Waals surface area contributed by atoms with Crippen molar-refractivity contribution in [3.8, 4) is 0 Å². The van der Waals surface area contributed by atoms with E-state index in [0.29, 0.717) is 0 Å². The monoisotopic (exact) mass is 386 g/mol. The fourth-order valence-corrected chi connectivity index (χ4v) is 1.55. The van der Waals surface area contributed by atoms with Crippen LogP contribution in [-0.4, -0.2) is 119 Å². The molecule has 26 heavy (non-hydrogen) atoms. The van der Waals surface area contributed by atoms with Gasteiger partial charge < -0.3 is 50.7 Å². The smallest absolute Gasteiger partial charge is 0.378 e. The molecule has 0 unspecified atom stereocenters. The minimum absolute atomic E-state index is 1.10. The van der Waals surface area contributed by atoms with Gasteiger partial charge in [0, 0.05) is 0 Å². The van der Waals surface area contributed by atoms with Gasteiger partial charge in [0.1, 0.15) is 24.4 Å². The number of rotatable bonds is 11. The number of Topliss-reactive ketones (excluding diaryl/α,β-unsaturated/α-hetero) is 1. The van der Waals surface area contributed by atoms with Crippen LogP contribution in [0.5, 0.6) is 0 Å². The average Bonchev–Trinajstić information content (AvgIpc) is 2.60. The number of hydrogen-bond acceptors (Lipinski definition) is 12. The molecule has 0 saturated heterocycles. The lowest BCUT2D eigenvalue weighted by Gasteiger charge is -2.25. The van der Waals surface area contributed by atoms with E-state index < -0.39 is 73.0 Å². The van der Waals surface area contributed by atoms with Gasteiger partial charge in [-0.15, -0.1) is 0 Å². The van der Waals surface area contributed by atoms with Crippen LogP contribution in [-0.2, 0) is 23.9 Å². The Morgan fingerprint density at radius 1 is 0.731 bits per heavy atom. The zero-order chi connectivity index (χ0) is 20.8. The Hall–Kier alpha value is -2.20. The highest BCUT2D eigenvalue weighted by molar-refractivity contribution is 6.35. The quantitative estimate of drug-likeness (QED) is 0.118. The van der Waals surface area contributed by atoms with Crippen LogP contribution < -0.4 is 0 Å². The third-order valence-corrected chi connectivity index (χ3v) is 3.09. The van der Waals surface area contributed by atoms with Crippen molar-refractivity contribution in [2.45, 2.75) is 42.7 Å². The van der Waals surface area contributed by atoms with Crippen molar-refractivity contribution in [1.82, 2.24) is 0 Å².